The number of ether oxygens (including phenoxy) is 2. The Balaban J connectivity index is 0.000000396. The van der Waals surface area contributed by atoms with Crippen LogP contribution in [-0.4, -0.2) is 24.0 Å². The Hall–Kier alpha value is -3.37. The molecule has 158 valence electrons. The van der Waals surface area contributed by atoms with Gasteiger partial charge in [-0.1, -0.05) is 24.3 Å². The van der Waals surface area contributed by atoms with Gasteiger partial charge in [0.15, 0.2) is 0 Å². The summed E-state index contributed by atoms with van der Waals surface area (Å²) in [6.07, 6.45) is 1.64. The Bertz CT molecular complexity index is 898. The number of hydrogen-bond donors (Lipinski definition) is 2. The maximum atomic E-state index is 11.2. The highest BCUT2D eigenvalue weighted by atomic mass is 16.5. The molecule has 1 saturated heterocycles. The second kappa shape index (κ2) is 10.4. The van der Waals surface area contributed by atoms with Crippen LogP contribution >= 0.6 is 0 Å². The van der Waals surface area contributed by atoms with Crippen molar-refractivity contribution in [3.63, 3.8) is 0 Å². The molecule has 1 aliphatic heterocycles. The van der Waals surface area contributed by atoms with Crippen LogP contribution in [0.5, 0.6) is 11.5 Å². The summed E-state index contributed by atoms with van der Waals surface area (Å²) in [6.45, 7) is 5.92. The van der Waals surface area contributed by atoms with Crippen LogP contribution in [0.1, 0.15) is 50.8 Å². The summed E-state index contributed by atoms with van der Waals surface area (Å²) < 4.78 is 10.3. The smallest absolute Gasteiger partial charge is 0.293 e. The molecule has 1 aliphatic rings. The number of nitrogens with zero attached hydrogens (tertiary/aromatic N) is 1. The summed E-state index contributed by atoms with van der Waals surface area (Å²) in [4.78, 5) is 20.8. The normalized spacial score (nSPS) is 17.8. The fraction of sp³-hybridized carbons (Fsp3) is 0.348. The minimum Gasteiger partial charge on any atom is -0.462 e. The first kappa shape index (κ1) is 22.9. The van der Waals surface area contributed by atoms with Gasteiger partial charge < -0.3 is 15.2 Å². The largest absolute Gasteiger partial charge is 0.462 e. The summed E-state index contributed by atoms with van der Waals surface area (Å²) in [5.41, 5.74) is 6.60. The van der Waals surface area contributed by atoms with E-state index in [1.807, 2.05) is 51.1 Å². The van der Waals surface area contributed by atoms with Crippen LogP contribution in [0.25, 0.3) is 0 Å². The number of carbonyl (C=O) groups is 2. The van der Waals surface area contributed by atoms with Gasteiger partial charge in [0.2, 0.25) is 5.91 Å². The fourth-order valence-corrected chi connectivity index (χ4v) is 2.92. The summed E-state index contributed by atoms with van der Waals surface area (Å²) in [7, 11) is 0. The second-order valence-corrected chi connectivity index (χ2v) is 7.86. The molecule has 1 heterocycles. The minimum atomic E-state index is -0.318. The molecule has 0 bridgehead atoms. The van der Waals surface area contributed by atoms with Gasteiger partial charge in [0, 0.05) is 6.04 Å². The van der Waals surface area contributed by atoms with E-state index in [-0.39, 0.29) is 23.6 Å². The van der Waals surface area contributed by atoms with Crippen LogP contribution < -0.4 is 15.8 Å². The molecule has 3 N–H and O–H groups in total. The van der Waals surface area contributed by atoms with Gasteiger partial charge in [0.1, 0.15) is 23.2 Å². The Morgan fingerprint density at radius 1 is 1.17 bits per heavy atom. The van der Waals surface area contributed by atoms with Crippen molar-refractivity contribution in [2.75, 3.05) is 0 Å². The Kier molecular flexibility index (Phi) is 7.96. The number of benzene rings is 2. The van der Waals surface area contributed by atoms with Crippen LogP contribution in [0.2, 0.25) is 0 Å². The van der Waals surface area contributed by atoms with Gasteiger partial charge in [-0.2, -0.15) is 5.26 Å². The molecule has 0 spiro atoms. The number of nitrogens with two attached hydrogens (primary N) is 1. The number of nitriles is 1. The molecule has 2 atom stereocenters. The van der Waals surface area contributed by atoms with Crippen LogP contribution in [0, 0.1) is 11.3 Å². The average molecular weight is 409 g/mol. The molecule has 0 aliphatic carbocycles. The number of primary amides is 1. The van der Waals surface area contributed by atoms with E-state index in [9.17, 15) is 9.59 Å². The molecule has 0 radical (unpaired) electrons. The lowest BCUT2D eigenvalue weighted by molar-refractivity contribution is -0.138. The van der Waals surface area contributed by atoms with Gasteiger partial charge in [-0.05, 0) is 63.4 Å². The van der Waals surface area contributed by atoms with E-state index >= 15 is 0 Å². The quantitative estimate of drug-likeness (QED) is 0.730. The number of amides is 1. The predicted octanol–water partition coefficient (Wildman–Crippen LogP) is 3.59. The molecule has 1 fully saturated rings. The fourth-order valence-electron chi connectivity index (χ4n) is 2.92. The highest BCUT2D eigenvalue weighted by molar-refractivity contribution is 5.80. The monoisotopic (exact) mass is 409 g/mol. The van der Waals surface area contributed by atoms with Crippen molar-refractivity contribution < 1.29 is 19.1 Å². The van der Waals surface area contributed by atoms with E-state index in [1.54, 1.807) is 18.2 Å². The van der Waals surface area contributed by atoms with Crippen LogP contribution in [0.4, 0.5) is 0 Å². The number of para-hydroxylation sites is 1. The van der Waals surface area contributed by atoms with Gasteiger partial charge in [0.25, 0.3) is 6.47 Å². The molecular weight excluding hydrogens is 382 g/mol. The van der Waals surface area contributed by atoms with Gasteiger partial charge in [-0.3, -0.25) is 14.9 Å². The summed E-state index contributed by atoms with van der Waals surface area (Å²) >= 11 is 0. The Morgan fingerprint density at radius 3 is 2.33 bits per heavy atom. The third kappa shape index (κ3) is 6.90. The first-order valence-electron chi connectivity index (χ1n) is 9.67. The van der Waals surface area contributed by atoms with Crippen LogP contribution in [-0.2, 0) is 14.3 Å². The van der Waals surface area contributed by atoms with E-state index in [4.69, 9.17) is 15.7 Å². The Morgan fingerprint density at radius 2 is 1.83 bits per heavy atom. The SMILES string of the molecule is CC(C)(C)OC=O.N#Cc1ccccc1Oc1ccc(C2CCC(C(N)=O)N2)cc1. The van der Waals surface area contributed by atoms with Gasteiger partial charge >= 0.3 is 0 Å². The Labute approximate surface area is 176 Å². The van der Waals surface area contributed by atoms with Crippen molar-refractivity contribution in [2.24, 2.45) is 5.73 Å². The van der Waals surface area contributed by atoms with E-state index < -0.39 is 0 Å². The summed E-state index contributed by atoms with van der Waals surface area (Å²) in [6, 6.07) is 16.8. The van der Waals surface area contributed by atoms with E-state index in [0.29, 0.717) is 23.5 Å². The van der Waals surface area contributed by atoms with Gasteiger partial charge in [-0.25, -0.2) is 0 Å². The molecule has 3 rings (SSSR count). The van der Waals surface area contributed by atoms with Gasteiger partial charge in [0.05, 0.1) is 11.6 Å². The van der Waals surface area contributed by atoms with Crippen molar-refractivity contribution >= 4 is 12.4 Å². The standard InChI is InChI=1S/C18H17N3O2.C5H10O2/c19-11-13-3-1-2-4-17(13)23-14-7-5-12(6-8-14)15-9-10-16(21-15)18(20)22;1-5(2,3)7-4-6/h1-8,15-16,21H,9-10H2,(H2,20,22);4H,1-3H3. The van der Waals surface area contributed by atoms with Gasteiger partial charge in [-0.15, -0.1) is 0 Å². The highest BCUT2D eigenvalue weighted by Gasteiger charge is 2.28. The van der Waals surface area contributed by atoms with Crippen molar-refractivity contribution in [1.29, 1.82) is 5.26 Å². The summed E-state index contributed by atoms with van der Waals surface area (Å²) in [5.74, 6) is 0.900. The van der Waals surface area contributed by atoms with E-state index in [1.165, 1.54) is 0 Å². The van der Waals surface area contributed by atoms with Crippen molar-refractivity contribution in [3.05, 3.63) is 59.7 Å². The van der Waals surface area contributed by atoms with Crippen molar-refractivity contribution in [2.45, 2.75) is 51.3 Å². The molecule has 7 heteroatoms. The predicted molar refractivity (Wildman–Crippen MR) is 113 cm³/mol. The maximum Gasteiger partial charge on any atom is 0.293 e. The molecule has 2 aromatic rings. The van der Waals surface area contributed by atoms with Crippen LogP contribution in [0.15, 0.2) is 48.5 Å². The molecule has 2 aromatic carbocycles. The lowest BCUT2D eigenvalue weighted by atomic mass is 10.1. The zero-order chi connectivity index (χ0) is 22.1. The second-order valence-electron chi connectivity index (χ2n) is 7.86. The number of hydrogen-bond acceptors (Lipinski definition) is 6. The zero-order valence-corrected chi connectivity index (χ0v) is 17.4. The molecule has 1 amide bonds. The molecule has 2 unspecified atom stereocenters. The highest BCUT2D eigenvalue weighted by Crippen LogP contribution is 2.30. The first-order valence-corrected chi connectivity index (χ1v) is 9.67. The minimum absolute atomic E-state index is 0.132. The molecule has 0 saturated carbocycles. The van der Waals surface area contributed by atoms with E-state index in [0.717, 1.165) is 18.4 Å². The topological polar surface area (TPSA) is 114 Å². The summed E-state index contributed by atoms with van der Waals surface area (Å²) in [5, 5.41) is 12.3. The lowest BCUT2D eigenvalue weighted by Crippen LogP contribution is -2.37. The van der Waals surface area contributed by atoms with Crippen LogP contribution in [0.3, 0.4) is 0 Å². The third-order valence-electron chi connectivity index (χ3n) is 4.41. The molecule has 7 nitrogen and oxygen atoms in total. The lowest BCUT2D eigenvalue weighted by Gasteiger charge is -2.14. The molecule has 30 heavy (non-hydrogen) atoms. The van der Waals surface area contributed by atoms with Crippen molar-refractivity contribution in [1.82, 2.24) is 5.32 Å². The first-order chi connectivity index (χ1) is 14.2. The third-order valence-corrected chi connectivity index (χ3v) is 4.41. The number of rotatable bonds is 5. The maximum absolute atomic E-state index is 11.2. The number of carbonyl (C=O) groups excluding carboxylic acids is 2. The zero-order valence-electron chi connectivity index (χ0n) is 17.4. The van der Waals surface area contributed by atoms with E-state index in [2.05, 4.69) is 16.1 Å². The molecule has 0 aromatic heterocycles. The van der Waals surface area contributed by atoms with Crippen molar-refractivity contribution in [3.8, 4) is 17.6 Å². The average Bonchev–Trinajstić information content (AvgIpc) is 3.19. The molecular formula is C23H27N3O4. The number of nitrogens with one attached hydrogen (secondary N) is 1.